The number of amides is 1. The van der Waals surface area contributed by atoms with Gasteiger partial charge in [-0.05, 0) is 70.0 Å². The van der Waals surface area contributed by atoms with E-state index in [1.807, 2.05) is 6.07 Å². The molecule has 1 amide bonds. The van der Waals surface area contributed by atoms with Crippen molar-refractivity contribution in [1.82, 2.24) is 19.4 Å². The van der Waals surface area contributed by atoms with E-state index in [0.29, 0.717) is 11.9 Å². The smallest absolute Gasteiger partial charge is 0.243 e. The number of fused-ring (bicyclic) bond motifs is 1. The van der Waals surface area contributed by atoms with Gasteiger partial charge in [0.1, 0.15) is 11.4 Å². The van der Waals surface area contributed by atoms with Crippen LogP contribution in [0.25, 0.3) is 11.0 Å². The fourth-order valence-electron chi connectivity index (χ4n) is 5.93. The van der Waals surface area contributed by atoms with Crippen LogP contribution < -0.4 is 0 Å². The van der Waals surface area contributed by atoms with Crippen molar-refractivity contribution in [3.63, 3.8) is 0 Å². The van der Waals surface area contributed by atoms with E-state index in [1.54, 1.807) is 0 Å². The lowest BCUT2D eigenvalue weighted by atomic mass is 9.82. The van der Waals surface area contributed by atoms with Gasteiger partial charge >= 0.3 is 0 Å². The van der Waals surface area contributed by atoms with Crippen LogP contribution in [0.4, 0.5) is 0 Å². The van der Waals surface area contributed by atoms with E-state index in [1.165, 1.54) is 0 Å². The van der Waals surface area contributed by atoms with E-state index in [-0.39, 0.29) is 11.6 Å². The molecule has 1 atom stereocenters. The number of likely N-dealkylation sites (tertiary alicyclic amines) is 2. The molecule has 0 radical (unpaired) electrons. The van der Waals surface area contributed by atoms with Gasteiger partial charge in [0, 0.05) is 19.6 Å². The Bertz CT molecular complexity index is 901. The number of hydrogen-bond acceptors (Lipinski definition) is 4. The van der Waals surface area contributed by atoms with Crippen molar-refractivity contribution < 1.29 is 9.90 Å². The number of rotatable bonds is 3. The number of nitrogens with zero attached hydrogens (tertiary/aromatic N) is 4. The van der Waals surface area contributed by atoms with Gasteiger partial charge in [-0.3, -0.25) is 9.69 Å². The molecule has 1 aromatic carbocycles. The average molecular weight is 397 g/mol. The highest BCUT2D eigenvalue weighted by Gasteiger charge is 2.52. The summed E-state index contributed by atoms with van der Waals surface area (Å²) in [6.45, 7) is 2.57. The number of aliphatic hydroxyl groups excluding tert-OH is 1. The molecule has 29 heavy (non-hydrogen) atoms. The normalized spacial score (nSPS) is 31.2. The van der Waals surface area contributed by atoms with Crippen molar-refractivity contribution in [3.8, 4) is 0 Å². The number of imidazole rings is 1. The molecule has 1 unspecified atom stereocenters. The summed E-state index contributed by atoms with van der Waals surface area (Å²) in [5, 5.41) is 9.87. The molecule has 6 nitrogen and oxygen atoms in total. The van der Waals surface area contributed by atoms with Crippen molar-refractivity contribution in [3.05, 3.63) is 30.1 Å². The Hall–Kier alpha value is -1.92. The highest BCUT2D eigenvalue weighted by atomic mass is 16.3. The van der Waals surface area contributed by atoms with Gasteiger partial charge in [0.05, 0.1) is 23.7 Å². The summed E-state index contributed by atoms with van der Waals surface area (Å²) >= 11 is 0. The molecule has 1 aromatic heterocycles. The third kappa shape index (κ3) is 3.17. The zero-order valence-corrected chi connectivity index (χ0v) is 17.4. The number of aromatic nitrogens is 2. The Kier molecular flexibility index (Phi) is 4.87. The Morgan fingerprint density at radius 1 is 1.10 bits per heavy atom. The fourth-order valence-corrected chi connectivity index (χ4v) is 5.93. The van der Waals surface area contributed by atoms with Crippen molar-refractivity contribution in [1.29, 1.82) is 0 Å². The van der Waals surface area contributed by atoms with E-state index in [2.05, 4.69) is 39.6 Å². The standard InChI is InChI=1S/C23H32N4O2/c1-25-20-7-3-2-6-19(20)24-21(25)16-26-14-4-12-23(26)13-5-15-27(22(23)29)17-8-10-18(28)11-9-17/h2-3,6-7,17-18,28H,4-5,8-16H2,1H3. The van der Waals surface area contributed by atoms with Crippen molar-refractivity contribution in [2.75, 3.05) is 13.1 Å². The molecule has 2 saturated heterocycles. The zero-order valence-electron chi connectivity index (χ0n) is 17.4. The summed E-state index contributed by atoms with van der Waals surface area (Å²) in [4.78, 5) is 23.2. The molecule has 156 valence electrons. The summed E-state index contributed by atoms with van der Waals surface area (Å²) in [6, 6.07) is 8.55. The number of para-hydroxylation sites is 2. The second-order valence-corrected chi connectivity index (χ2v) is 9.20. The Balaban J connectivity index is 1.39. The largest absolute Gasteiger partial charge is 0.393 e. The lowest BCUT2D eigenvalue weighted by Crippen LogP contribution is -2.62. The number of aryl methyl sites for hydroxylation is 1. The second-order valence-electron chi connectivity index (χ2n) is 9.20. The molecule has 1 N–H and O–H groups in total. The maximum Gasteiger partial charge on any atom is 0.243 e. The molecule has 5 rings (SSSR count). The molecule has 1 spiro atoms. The molecule has 2 aromatic rings. The summed E-state index contributed by atoms with van der Waals surface area (Å²) in [5.41, 5.74) is 1.82. The van der Waals surface area contributed by atoms with Crippen LogP contribution in [-0.2, 0) is 18.4 Å². The number of piperidine rings is 1. The van der Waals surface area contributed by atoms with Crippen molar-refractivity contribution in [2.45, 2.75) is 75.6 Å². The van der Waals surface area contributed by atoms with Crippen LogP contribution in [0.2, 0.25) is 0 Å². The summed E-state index contributed by atoms with van der Waals surface area (Å²) < 4.78 is 2.18. The number of carbonyl (C=O) groups excluding carboxylic acids is 1. The number of aliphatic hydroxyl groups is 1. The molecular weight excluding hydrogens is 364 g/mol. The quantitative estimate of drug-likeness (QED) is 0.867. The summed E-state index contributed by atoms with van der Waals surface area (Å²) in [7, 11) is 2.08. The van der Waals surface area contributed by atoms with E-state index < -0.39 is 0 Å². The topological polar surface area (TPSA) is 61.6 Å². The first-order valence-corrected chi connectivity index (χ1v) is 11.2. The van der Waals surface area contributed by atoms with Gasteiger partial charge in [-0.25, -0.2) is 4.98 Å². The van der Waals surface area contributed by atoms with Crippen LogP contribution in [0.3, 0.4) is 0 Å². The summed E-state index contributed by atoms with van der Waals surface area (Å²) in [6.07, 6.45) is 7.41. The first-order valence-electron chi connectivity index (χ1n) is 11.2. The molecule has 6 heteroatoms. The molecule has 1 saturated carbocycles. The number of benzene rings is 1. The van der Waals surface area contributed by atoms with Gasteiger partial charge in [0.2, 0.25) is 5.91 Å². The molecule has 1 aliphatic carbocycles. The average Bonchev–Trinajstić information content (AvgIpc) is 3.27. The van der Waals surface area contributed by atoms with Crippen LogP contribution in [0.1, 0.15) is 57.2 Å². The predicted octanol–water partition coefficient (Wildman–Crippen LogP) is 2.83. The van der Waals surface area contributed by atoms with E-state index in [0.717, 1.165) is 87.9 Å². The third-order valence-corrected chi connectivity index (χ3v) is 7.59. The van der Waals surface area contributed by atoms with Crippen LogP contribution in [0.15, 0.2) is 24.3 Å². The van der Waals surface area contributed by atoms with Crippen LogP contribution in [0, 0.1) is 0 Å². The minimum absolute atomic E-state index is 0.180. The van der Waals surface area contributed by atoms with E-state index >= 15 is 0 Å². The van der Waals surface area contributed by atoms with E-state index in [4.69, 9.17) is 4.98 Å². The molecule has 3 fully saturated rings. The maximum atomic E-state index is 13.8. The molecule has 0 bridgehead atoms. The van der Waals surface area contributed by atoms with Crippen molar-refractivity contribution >= 4 is 16.9 Å². The SMILES string of the molecule is Cn1c(CN2CCCC23CCCN(C2CCC(O)CC2)C3=O)nc2ccccc21. The Labute approximate surface area is 172 Å². The van der Waals surface area contributed by atoms with E-state index in [9.17, 15) is 9.90 Å². The van der Waals surface area contributed by atoms with Gasteiger partial charge in [-0.2, -0.15) is 0 Å². The maximum absolute atomic E-state index is 13.8. The monoisotopic (exact) mass is 396 g/mol. The van der Waals surface area contributed by atoms with Gasteiger partial charge in [-0.15, -0.1) is 0 Å². The Morgan fingerprint density at radius 3 is 2.59 bits per heavy atom. The first kappa shape index (κ1) is 19.1. The molecular formula is C23H32N4O2. The predicted molar refractivity (Wildman–Crippen MR) is 112 cm³/mol. The number of carbonyl (C=O) groups is 1. The minimum Gasteiger partial charge on any atom is -0.393 e. The Morgan fingerprint density at radius 2 is 1.83 bits per heavy atom. The molecule has 2 aliphatic heterocycles. The van der Waals surface area contributed by atoms with Gasteiger partial charge in [0.25, 0.3) is 0 Å². The van der Waals surface area contributed by atoms with Crippen LogP contribution >= 0.6 is 0 Å². The first-order chi connectivity index (χ1) is 14.1. The van der Waals surface area contributed by atoms with Crippen molar-refractivity contribution in [2.24, 2.45) is 7.05 Å². The van der Waals surface area contributed by atoms with Crippen LogP contribution in [-0.4, -0.2) is 61.1 Å². The lowest BCUT2D eigenvalue weighted by molar-refractivity contribution is -0.152. The fraction of sp³-hybridized carbons (Fsp3) is 0.652. The minimum atomic E-state index is -0.355. The highest BCUT2D eigenvalue weighted by molar-refractivity contribution is 5.88. The molecule has 3 heterocycles. The molecule has 3 aliphatic rings. The second kappa shape index (κ2) is 7.40. The van der Waals surface area contributed by atoms with Gasteiger partial charge in [0.15, 0.2) is 0 Å². The zero-order chi connectivity index (χ0) is 20.0. The van der Waals surface area contributed by atoms with Gasteiger partial charge in [-0.1, -0.05) is 12.1 Å². The summed E-state index contributed by atoms with van der Waals surface area (Å²) in [5.74, 6) is 1.37. The highest BCUT2D eigenvalue weighted by Crippen LogP contribution is 2.41. The van der Waals surface area contributed by atoms with Gasteiger partial charge < -0.3 is 14.6 Å². The third-order valence-electron chi connectivity index (χ3n) is 7.59. The lowest BCUT2D eigenvalue weighted by Gasteiger charge is -2.48. The number of hydrogen-bond donors (Lipinski definition) is 1. The van der Waals surface area contributed by atoms with Crippen LogP contribution in [0.5, 0.6) is 0 Å².